The number of hydrogen-bond acceptors (Lipinski definition) is 4. The lowest BCUT2D eigenvalue weighted by molar-refractivity contribution is -0.127. The van der Waals surface area contributed by atoms with Crippen LogP contribution in [0.4, 0.5) is 4.79 Å². The molecule has 1 saturated carbocycles. The molecule has 1 heterocycles. The Labute approximate surface area is 139 Å². The second-order valence-corrected chi connectivity index (χ2v) is 7.04. The van der Waals surface area contributed by atoms with E-state index in [2.05, 4.69) is 5.32 Å². The maximum Gasteiger partial charge on any atom is 0.289 e. The highest BCUT2D eigenvalue weighted by atomic mass is 32.2. The first-order chi connectivity index (χ1) is 11.1. The smallest absolute Gasteiger partial charge is 0.289 e. The number of nitrogens with one attached hydrogen (secondary N) is 1. The summed E-state index contributed by atoms with van der Waals surface area (Å²) in [6.45, 7) is 1.97. The van der Waals surface area contributed by atoms with Gasteiger partial charge in [-0.25, -0.2) is 0 Å². The molecule has 1 aromatic carbocycles. The highest BCUT2D eigenvalue weighted by molar-refractivity contribution is 8.14. The zero-order valence-electron chi connectivity index (χ0n) is 13.1. The molecular weight excluding hydrogens is 312 g/mol. The minimum Gasteiger partial charge on any atom is -0.347 e. The van der Waals surface area contributed by atoms with Crippen molar-refractivity contribution < 1.29 is 14.4 Å². The summed E-state index contributed by atoms with van der Waals surface area (Å²) in [5.41, 5.74) is 1.70. The summed E-state index contributed by atoms with van der Waals surface area (Å²) in [4.78, 5) is 37.8. The quantitative estimate of drug-likeness (QED) is 0.924. The van der Waals surface area contributed by atoms with Crippen molar-refractivity contribution in [3.8, 4) is 0 Å². The third kappa shape index (κ3) is 3.42. The number of amides is 3. The van der Waals surface area contributed by atoms with Crippen molar-refractivity contribution in [2.75, 3.05) is 5.75 Å². The van der Waals surface area contributed by atoms with Gasteiger partial charge in [0.1, 0.15) is 0 Å². The lowest BCUT2D eigenvalue weighted by Gasteiger charge is -2.36. The van der Waals surface area contributed by atoms with E-state index < -0.39 is 0 Å². The van der Waals surface area contributed by atoms with E-state index in [1.807, 2.05) is 19.1 Å². The van der Waals surface area contributed by atoms with Crippen LogP contribution in [0.15, 0.2) is 24.3 Å². The molecule has 0 radical (unpaired) electrons. The number of nitrogens with zero attached hydrogens (tertiary/aromatic N) is 1. The molecule has 3 amide bonds. The average molecular weight is 332 g/mol. The van der Waals surface area contributed by atoms with Gasteiger partial charge in [-0.1, -0.05) is 42.3 Å². The van der Waals surface area contributed by atoms with E-state index in [1.165, 1.54) is 4.90 Å². The molecule has 122 valence electrons. The molecular formula is C17H20N2O3S. The van der Waals surface area contributed by atoms with Crippen molar-refractivity contribution in [3.63, 3.8) is 0 Å². The second-order valence-electron chi connectivity index (χ2n) is 6.12. The largest absolute Gasteiger partial charge is 0.347 e. The van der Waals surface area contributed by atoms with Crippen LogP contribution in [0.3, 0.4) is 0 Å². The van der Waals surface area contributed by atoms with Crippen LogP contribution in [-0.2, 0) is 4.79 Å². The maximum absolute atomic E-state index is 12.4. The Hall–Kier alpha value is -1.82. The molecule has 2 atom stereocenters. The van der Waals surface area contributed by atoms with Gasteiger partial charge >= 0.3 is 0 Å². The second kappa shape index (κ2) is 6.74. The summed E-state index contributed by atoms with van der Waals surface area (Å²) in [7, 11) is 0. The third-order valence-electron chi connectivity index (χ3n) is 4.48. The van der Waals surface area contributed by atoms with Crippen LogP contribution in [0, 0.1) is 6.92 Å². The molecule has 5 nitrogen and oxygen atoms in total. The van der Waals surface area contributed by atoms with Crippen molar-refractivity contribution >= 4 is 28.8 Å². The molecule has 1 aliphatic carbocycles. The molecule has 2 fully saturated rings. The summed E-state index contributed by atoms with van der Waals surface area (Å²) < 4.78 is 0. The SMILES string of the molecule is Cc1ccc(C(=O)N[C@H]2CCCC[C@H]2N2C(=O)CSC2=O)cc1. The summed E-state index contributed by atoms with van der Waals surface area (Å²) in [5.74, 6) is -0.0661. The van der Waals surface area contributed by atoms with Crippen LogP contribution in [-0.4, -0.2) is 39.8 Å². The maximum atomic E-state index is 12.4. The first kappa shape index (κ1) is 16.1. The van der Waals surface area contributed by atoms with E-state index in [0.29, 0.717) is 5.56 Å². The highest BCUT2D eigenvalue weighted by Gasteiger charge is 2.41. The molecule has 1 saturated heterocycles. The van der Waals surface area contributed by atoms with Gasteiger partial charge in [-0.05, 0) is 31.9 Å². The van der Waals surface area contributed by atoms with E-state index in [0.717, 1.165) is 43.0 Å². The van der Waals surface area contributed by atoms with Crippen molar-refractivity contribution in [1.29, 1.82) is 0 Å². The van der Waals surface area contributed by atoms with Gasteiger partial charge in [0.05, 0.1) is 17.8 Å². The van der Waals surface area contributed by atoms with Crippen molar-refractivity contribution in [2.24, 2.45) is 0 Å². The van der Waals surface area contributed by atoms with Crippen LogP contribution < -0.4 is 5.32 Å². The molecule has 2 aliphatic rings. The van der Waals surface area contributed by atoms with Gasteiger partial charge in [-0.15, -0.1) is 0 Å². The standard InChI is InChI=1S/C17H20N2O3S/c1-11-6-8-12(9-7-11)16(21)18-13-4-2-3-5-14(13)19-15(20)10-23-17(19)22/h6-9,13-14H,2-5,10H2,1H3,(H,18,21)/t13-,14+/m0/s1. The van der Waals surface area contributed by atoms with Crippen LogP contribution in [0.2, 0.25) is 0 Å². The first-order valence-electron chi connectivity index (χ1n) is 7.92. The molecule has 1 aromatic rings. The van der Waals surface area contributed by atoms with E-state index in [-0.39, 0.29) is 34.9 Å². The minimum atomic E-state index is -0.215. The summed E-state index contributed by atoms with van der Waals surface area (Å²) in [6, 6.07) is 7.02. The predicted octanol–water partition coefficient (Wildman–Crippen LogP) is 2.73. The third-order valence-corrected chi connectivity index (χ3v) is 5.31. The Morgan fingerprint density at radius 3 is 2.52 bits per heavy atom. The summed E-state index contributed by atoms with van der Waals surface area (Å²) in [5, 5.41) is 2.84. The predicted molar refractivity (Wildman–Crippen MR) is 89.4 cm³/mol. The normalized spacial score (nSPS) is 24.8. The molecule has 0 bridgehead atoms. The van der Waals surface area contributed by atoms with Crippen LogP contribution >= 0.6 is 11.8 Å². The molecule has 3 rings (SSSR count). The van der Waals surface area contributed by atoms with E-state index in [4.69, 9.17) is 0 Å². The van der Waals surface area contributed by atoms with Crippen molar-refractivity contribution in [2.45, 2.75) is 44.7 Å². The van der Waals surface area contributed by atoms with Gasteiger partial charge in [0.2, 0.25) is 5.91 Å². The van der Waals surface area contributed by atoms with Gasteiger partial charge in [0.25, 0.3) is 11.1 Å². The van der Waals surface area contributed by atoms with Gasteiger partial charge in [0, 0.05) is 5.56 Å². The van der Waals surface area contributed by atoms with Crippen molar-refractivity contribution in [1.82, 2.24) is 10.2 Å². The molecule has 0 aromatic heterocycles. The van der Waals surface area contributed by atoms with Gasteiger partial charge < -0.3 is 5.32 Å². The fourth-order valence-corrected chi connectivity index (χ4v) is 3.99. The lowest BCUT2D eigenvalue weighted by Crippen LogP contribution is -2.54. The number of rotatable bonds is 3. The number of carbonyl (C=O) groups is 3. The van der Waals surface area contributed by atoms with Gasteiger partial charge in [-0.3, -0.25) is 19.3 Å². The van der Waals surface area contributed by atoms with Crippen LogP contribution in [0.1, 0.15) is 41.6 Å². The van der Waals surface area contributed by atoms with Crippen molar-refractivity contribution in [3.05, 3.63) is 35.4 Å². The number of thioether (sulfide) groups is 1. The molecule has 1 N–H and O–H groups in total. The Kier molecular flexibility index (Phi) is 4.71. The number of aryl methyl sites for hydroxylation is 1. The van der Waals surface area contributed by atoms with Gasteiger partial charge in [0.15, 0.2) is 0 Å². The topological polar surface area (TPSA) is 66.5 Å². The molecule has 6 heteroatoms. The van der Waals surface area contributed by atoms with E-state index in [9.17, 15) is 14.4 Å². The van der Waals surface area contributed by atoms with Crippen LogP contribution in [0.5, 0.6) is 0 Å². The van der Waals surface area contributed by atoms with E-state index >= 15 is 0 Å². The average Bonchev–Trinajstić information content (AvgIpc) is 2.87. The summed E-state index contributed by atoms with van der Waals surface area (Å²) >= 11 is 1.05. The van der Waals surface area contributed by atoms with E-state index in [1.54, 1.807) is 12.1 Å². The summed E-state index contributed by atoms with van der Waals surface area (Å²) in [6.07, 6.45) is 3.53. The number of carbonyl (C=O) groups excluding carboxylic acids is 3. The number of imide groups is 1. The number of hydrogen-bond donors (Lipinski definition) is 1. The zero-order chi connectivity index (χ0) is 16.4. The van der Waals surface area contributed by atoms with Crippen LogP contribution in [0.25, 0.3) is 0 Å². The Bertz CT molecular complexity index is 613. The number of benzene rings is 1. The fraction of sp³-hybridized carbons (Fsp3) is 0.471. The zero-order valence-corrected chi connectivity index (χ0v) is 13.9. The fourth-order valence-electron chi connectivity index (χ4n) is 3.23. The molecule has 0 spiro atoms. The monoisotopic (exact) mass is 332 g/mol. The Morgan fingerprint density at radius 2 is 1.87 bits per heavy atom. The Morgan fingerprint density at radius 1 is 1.17 bits per heavy atom. The minimum absolute atomic E-state index is 0.138. The highest BCUT2D eigenvalue weighted by Crippen LogP contribution is 2.30. The van der Waals surface area contributed by atoms with Gasteiger partial charge in [-0.2, -0.15) is 0 Å². The molecule has 1 aliphatic heterocycles. The first-order valence-corrected chi connectivity index (χ1v) is 8.91. The molecule has 0 unspecified atom stereocenters. The lowest BCUT2D eigenvalue weighted by atomic mass is 9.89. The Balaban J connectivity index is 1.74. The molecule has 23 heavy (non-hydrogen) atoms.